The van der Waals surface area contributed by atoms with E-state index in [2.05, 4.69) is 10.2 Å². The smallest absolute Gasteiger partial charge is 0.262 e. The van der Waals surface area contributed by atoms with E-state index >= 15 is 0 Å². The molecule has 7 heteroatoms. The number of amides is 1. The number of para-hydroxylation sites is 1. The van der Waals surface area contributed by atoms with Crippen molar-refractivity contribution < 1.29 is 19.1 Å². The zero-order chi connectivity index (χ0) is 19.2. The lowest BCUT2D eigenvalue weighted by Crippen LogP contribution is -2.37. The molecule has 1 amide bonds. The second-order valence-electron chi connectivity index (χ2n) is 6.16. The van der Waals surface area contributed by atoms with Gasteiger partial charge in [-0.3, -0.25) is 9.59 Å². The fourth-order valence-electron chi connectivity index (χ4n) is 2.86. The Balaban J connectivity index is 1.66. The summed E-state index contributed by atoms with van der Waals surface area (Å²) in [7, 11) is 0. The zero-order valence-electron chi connectivity index (χ0n) is 15.0. The summed E-state index contributed by atoms with van der Waals surface area (Å²) in [6.07, 6.45) is 0. The Bertz CT molecular complexity index is 834. The lowest BCUT2D eigenvalue weighted by molar-refractivity contribution is -0.118. The van der Waals surface area contributed by atoms with Crippen molar-refractivity contribution in [2.24, 2.45) is 0 Å². The molecule has 0 radical (unpaired) electrons. The van der Waals surface area contributed by atoms with Crippen molar-refractivity contribution in [3.8, 4) is 5.75 Å². The van der Waals surface area contributed by atoms with Gasteiger partial charge in [0.25, 0.3) is 5.91 Å². The van der Waals surface area contributed by atoms with E-state index in [1.807, 2.05) is 6.07 Å². The fraction of sp³-hybridized carbons (Fsp3) is 0.300. The van der Waals surface area contributed by atoms with E-state index in [0.717, 1.165) is 5.69 Å². The molecule has 1 saturated heterocycles. The molecule has 0 atom stereocenters. The normalized spacial score (nSPS) is 13.9. The van der Waals surface area contributed by atoms with Crippen molar-refractivity contribution in [2.75, 3.05) is 43.1 Å². The van der Waals surface area contributed by atoms with Crippen molar-refractivity contribution in [1.82, 2.24) is 0 Å². The number of morpholine rings is 1. The quantitative estimate of drug-likeness (QED) is 0.768. The molecule has 0 bridgehead atoms. The number of anilines is 2. The van der Waals surface area contributed by atoms with E-state index in [1.54, 1.807) is 36.4 Å². The number of hydrogen-bond donors (Lipinski definition) is 1. The lowest BCUT2D eigenvalue weighted by Gasteiger charge is -2.31. The number of benzene rings is 2. The number of halogens is 1. The van der Waals surface area contributed by atoms with Crippen LogP contribution in [0.25, 0.3) is 0 Å². The van der Waals surface area contributed by atoms with Crippen LogP contribution in [0.5, 0.6) is 5.75 Å². The highest BCUT2D eigenvalue weighted by molar-refractivity contribution is 6.34. The van der Waals surface area contributed by atoms with Crippen LogP contribution in [-0.4, -0.2) is 44.6 Å². The van der Waals surface area contributed by atoms with Crippen LogP contribution in [0.2, 0.25) is 5.02 Å². The Hall–Kier alpha value is -2.57. The SMILES string of the molecule is CC(=O)c1cccc(OCC(=O)Nc2cccc(Cl)c2N2CCOCC2)c1. The molecule has 1 heterocycles. The number of carbonyl (C=O) groups excluding carboxylic acids is 2. The van der Waals surface area contributed by atoms with Gasteiger partial charge in [-0.2, -0.15) is 0 Å². The van der Waals surface area contributed by atoms with E-state index in [9.17, 15) is 9.59 Å². The number of rotatable bonds is 6. The predicted octanol–water partition coefficient (Wildman–Crippen LogP) is 3.40. The number of ether oxygens (including phenoxy) is 2. The van der Waals surface area contributed by atoms with Crippen LogP contribution in [0.3, 0.4) is 0 Å². The highest BCUT2D eigenvalue weighted by Crippen LogP contribution is 2.34. The molecule has 2 aromatic carbocycles. The van der Waals surface area contributed by atoms with Crippen LogP contribution < -0.4 is 15.0 Å². The summed E-state index contributed by atoms with van der Waals surface area (Å²) < 4.78 is 10.9. The molecule has 0 spiro atoms. The van der Waals surface area contributed by atoms with Gasteiger partial charge in [0.1, 0.15) is 5.75 Å². The highest BCUT2D eigenvalue weighted by Gasteiger charge is 2.19. The number of ketones is 1. The average Bonchev–Trinajstić information content (AvgIpc) is 2.67. The Morgan fingerprint density at radius 3 is 2.67 bits per heavy atom. The van der Waals surface area contributed by atoms with E-state index < -0.39 is 0 Å². The highest BCUT2D eigenvalue weighted by atomic mass is 35.5. The molecule has 0 unspecified atom stereocenters. The van der Waals surface area contributed by atoms with Crippen LogP contribution >= 0.6 is 11.6 Å². The summed E-state index contributed by atoms with van der Waals surface area (Å²) in [6.45, 7) is 3.97. The Morgan fingerprint density at radius 1 is 1.19 bits per heavy atom. The lowest BCUT2D eigenvalue weighted by atomic mass is 10.1. The Labute approximate surface area is 163 Å². The van der Waals surface area contributed by atoms with Crippen molar-refractivity contribution in [1.29, 1.82) is 0 Å². The predicted molar refractivity (Wildman–Crippen MR) is 105 cm³/mol. The van der Waals surface area contributed by atoms with Gasteiger partial charge in [-0.05, 0) is 31.2 Å². The number of Topliss-reactive ketones (excluding diaryl/α,β-unsaturated/α-hetero) is 1. The van der Waals surface area contributed by atoms with Gasteiger partial charge in [-0.1, -0.05) is 29.8 Å². The molecular formula is C20H21ClN2O4. The minimum atomic E-state index is -0.306. The topological polar surface area (TPSA) is 67.9 Å². The third-order valence-electron chi connectivity index (χ3n) is 4.20. The number of carbonyl (C=O) groups is 2. The van der Waals surface area contributed by atoms with E-state index in [1.165, 1.54) is 6.92 Å². The summed E-state index contributed by atoms with van der Waals surface area (Å²) in [5.74, 6) is 0.108. The van der Waals surface area contributed by atoms with Gasteiger partial charge in [-0.15, -0.1) is 0 Å². The van der Waals surface area contributed by atoms with Crippen LogP contribution in [0, 0.1) is 0 Å². The fourth-order valence-corrected chi connectivity index (χ4v) is 3.16. The molecular weight excluding hydrogens is 368 g/mol. The van der Waals surface area contributed by atoms with Crippen molar-refractivity contribution >= 4 is 34.7 Å². The molecule has 1 N–H and O–H groups in total. The molecule has 2 aromatic rings. The number of nitrogens with zero attached hydrogens (tertiary/aromatic N) is 1. The first-order valence-electron chi connectivity index (χ1n) is 8.69. The third-order valence-corrected chi connectivity index (χ3v) is 4.50. The summed E-state index contributed by atoms with van der Waals surface area (Å²) in [5.41, 5.74) is 1.96. The number of nitrogens with one attached hydrogen (secondary N) is 1. The Morgan fingerprint density at radius 2 is 1.93 bits per heavy atom. The molecule has 27 heavy (non-hydrogen) atoms. The van der Waals surface area contributed by atoms with Crippen molar-refractivity contribution in [3.05, 3.63) is 53.1 Å². The summed E-state index contributed by atoms with van der Waals surface area (Å²) in [6, 6.07) is 12.1. The molecule has 1 aliphatic rings. The summed E-state index contributed by atoms with van der Waals surface area (Å²) in [4.78, 5) is 25.9. The molecule has 6 nitrogen and oxygen atoms in total. The molecule has 1 aliphatic heterocycles. The molecule has 0 saturated carbocycles. The summed E-state index contributed by atoms with van der Waals surface area (Å²) in [5, 5.41) is 3.43. The average molecular weight is 389 g/mol. The maximum atomic E-state index is 12.4. The Kier molecular flexibility index (Phi) is 6.32. The van der Waals surface area contributed by atoms with Gasteiger partial charge in [-0.25, -0.2) is 0 Å². The van der Waals surface area contributed by atoms with Gasteiger partial charge >= 0.3 is 0 Å². The molecule has 0 aromatic heterocycles. The second-order valence-corrected chi connectivity index (χ2v) is 6.56. The minimum absolute atomic E-state index is 0.0565. The van der Waals surface area contributed by atoms with E-state index in [0.29, 0.717) is 48.3 Å². The number of hydrogen-bond acceptors (Lipinski definition) is 5. The van der Waals surface area contributed by atoms with Gasteiger partial charge in [0.05, 0.1) is 29.6 Å². The monoisotopic (exact) mass is 388 g/mol. The van der Waals surface area contributed by atoms with E-state index in [4.69, 9.17) is 21.1 Å². The van der Waals surface area contributed by atoms with Gasteiger partial charge in [0.2, 0.25) is 0 Å². The zero-order valence-corrected chi connectivity index (χ0v) is 15.8. The first-order chi connectivity index (χ1) is 13.0. The third kappa shape index (κ3) is 4.99. The first kappa shape index (κ1) is 19.2. The van der Waals surface area contributed by atoms with Gasteiger partial charge in [0.15, 0.2) is 12.4 Å². The largest absolute Gasteiger partial charge is 0.484 e. The summed E-state index contributed by atoms with van der Waals surface area (Å²) >= 11 is 6.37. The standard InChI is InChI=1S/C20H21ClN2O4/c1-14(24)15-4-2-5-16(12-15)27-13-19(25)22-18-7-3-6-17(21)20(18)23-8-10-26-11-9-23/h2-7,12H,8-11,13H2,1H3,(H,22,25). The maximum absolute atomic E-state index is 12.4. The maximum Gasteiger partial charge on any atom is 0.262 e. The van der Waals surface area contributed by atoms with Gasteiger partial charge in [0, 0.05) is 18.7 Å². The molecule has 3 rings (SSSR count). The van der Waals surface area contributed by atoms with Crippen LogP contribution in [0.1, 0.15) is 17.3 Å². The molecule has 0 aliphatic carbocycles. The van der Waals surface area contributed by atoms with E-state index in [-0.39, 0.29) is 18.3 Å². The van der Waals surface area contributed by atoms with Crippen LogP contribution in [0.15, 0.2) is 42.5 Å². The van der Waals surface area contributed by atoms with Gasteiger partial charge < -0.3 is 19.7 Å². The molecule has 142 valence electrons. The second kappa shape index (κ2) is 8.88. The minimum Gasteiger partial charge on any atom is -0.484 e. The van der Waals surface area contributed by atoms with Crippen LogP contribution in [-0.2, 0) is 9.53 Å². The van der Waals surface area contributed by atoms with Crippen LogP contribution in [0.4, 0.5) is 11.4 Å². The first-order valence-corrected chi connectivity index (χ1v) is 9.07. The van der Waals surface area contributed by atoms with Crippen molar-refractivity contribution in [3.63, 3.8) is 0 Å². The molecule has 1 fully saturated rings. The van der Waals surface area contributed by atoms with Crippen molar-refractivity contribution in [2.45, 2.75) is 6.92 Å².